The second kappa shape index (κ2) is 8.53. The molecular formula is C35H35FN4O3. The lowest BCUT2D eigenvalue weighted by Gasteiger charge is -2.65. The fourth-order valence-corrected chi connectivity index (χ4v) is 8.48. The molecule has 4 bridgehead atoms. The molecule has 3 aromatic rings. The van der Waals surface area contributed by atoms with Crippen molar-refractivity contribution in [1.29, 1.82) is 5.26 Å². The average molecular weight is 579 g/mol. The van der Waals surface area contributed by atoms with E-state index in [1.807, 2.05) is 29.2 Å². The number of hydrogen-bond acceptors (Lipinski definition) is 6. The molecule has 6 saturated carbocycles. The summed E-state index contributed by atoms with van der Waals surface area (Å²) in [6.45, 7) is 1.13. The molecule has 2 aliphatic heterocycles. The second-order valence-electron chi connectivity index (χ2n) is 14.7. The van der Waals surface area contributed by atoms with Crippen LogP contribution in [0.4, 0.5) is 10.1 Å². The van der Waals surface area contributed by atoms with Gasteiger partial charge in [-0.25, -0.2) is 4.39 Å². The van der Waals surface area contributed by atoms with Crippen LogP contribution in [0.25, 0.3) is 11.5 Å². The van der Waals surface area contributed by atoms with Crippen LogP contribution in [-0.2, 0) is 20.5 Å². The third kappa shape index (κ3) is 3.90. The molecule has 2 aromatic carbocycles. The number of nitriles is 1. The van der Waals surface area contributed by atoms with Crippen molar-refractivity contribution in [3.05, 3.63) is 65.5 Å². The largest absolute Gasteiger partial charge is 0.370 e. The molecule has 1 amide bonds. The Balaban J connectivity index is 0.977. The molecule has 11 rings (SSSR count). The summed E-state index contributed by atoms with van der Waals surface area (Å²) >= 11 is 0. The third-order valence-corrected chi connectivity index (χ3v) is 11.6. The Hall–Kier alpha value is -3.57. The van der Waals surface area contributed by atoms with Crippen LogP contribution in [0.2, 0.25) is 0 Å². The zero-order valence-electron chi connectivity index (χ0n) is 24.3. The minimum atomic E-state index is -1.15. The number of carbonyl (C=O) groups excluding carboxylic acids is 1. The number of halogens is 1. The van der Waals surface area contributed by atoms with Crippen LogP contribution < -0.4 is 4.90 Å². The van der Waals surface area contributed by atoms with Gasteiger partial charge in [0.1, 0.15) is 5.67 Å². The van der Waals surface area contributed by atoms with Crippen LogP contribution in [-0.4, -0.2) is 34.9 Å². The predicted octanol–water partition coefficient (Wildman–Crippen LogP) is 6.88. The van der Waals surface area contributed by atoms with Gasteiger partial charge in [-0.1, -0.05) is 35.5 Å². The van der Waals surface area contributed by atoms with E-state index in [1.54, 1.807) is 0 Å². The van der Waals surface area contributed by atoms with Crippen molar-refractivity contribution in [2.24, 2.45) is 10.8 Å². The van der Waals surface area contributed by atoms with E-state index in [-0.39, 0.29) is 22.3 Å². The van der Waals surface area contributed by atoms with Crippen LogP contribution in [0, 0.1) is 22.2 Å². The third-order valence-electron chi connectivity index (χ3n) is 11.6. The molecule has 1 aromatic heterocycles. The first-order chi connectivity index (χ1) is 20.8. The maximum atomic E-state index is 14.6. The topological polar surface area (TPSA) is 92.2 Å². The molecule has 220 valence electrons. The Morgan fingerprint density at radius 1 is 1.00 bits per heavy atom. The SMILES string of the molecule is N#CC1(c2ccc(C34CCC(CN(C(=O)C56CC(F)(C5)C6)c5cccc(-c6nc(C7CC7)no6)c5)(CC3)CO4)cc2)CC1. The van der Waals surface area contributed by atoms with E-state index < -0.39 is 11.1 Å². The monoisotopic (exact) mass is 578 g/mol. The molecule has 0 spiro atoms. The number of alkyl halides is 1. The Labute approximate surface area is 250 Å². The number of hydrogen-bond donors (Lipinski definition) is 0. The summed E-state index contributed by atoms with van der Waals surface area (Å²) < 4.78 is 26.9. The van der Waals surface area contributed by atoms with E-state index in [4.69, 9.17) is 9.26 Å². The molecule has 6 aliphatic carbocycles. The Morgan fingerprint density at radius 2 is 1.72 bits per heavy atom. The van der Waals surface area contributed by atoms with Gasteiger partial charge in [0.2, 0.25) is 5.91 Å². The average Bonchev–Trinajstić information content (AvgIpc) is 3.97. The number of amides is 1. The molecule has 8 aliphatic rings. The fraction of sp³-hybridized carbons (Fsp3) is 0.543. The molecular weight excluding hydrogens is 543 g/mol. The van der Waals surface area contributed by atoms with Crippen LogP contribution >= 0.6 is 0 Å². The highest BCUT2D eigenvalue weighted by Crippen LogP contribution is 2.70. The Kier molecular flexibility index (Phi) is 5.14. The molecule has 8 heteroatoms. The summed E-state index contributed by atoms with van der Waals surface area (Å²) in [4.78, 5) is 20.7. The highest BCUT2D eigenvalue weighted by Gasteiger charge is 2.73. The van der Waals surface area contributed by atoms with Gasteiger partial charge in [0.25, 0.3) is 5.89 Å². The normalized spacial score (nSPS) is 34.5. The lowest BCUT2D eigenvalue weighted by atomic mass is 9.41. The van der Waals surface area contributed by atoms with E-state index in [0.29, 0.717) is 44.2 Å². The van der Waals surface area contributed by atoms with Gasteiger partial charge >= 0.3 is 0 Å². The number of anilines is 1. The van der Waals surface area contributed by atoms with E-state index in [2.05, 4.69) is 40.5 Å². The van der Waals surface area contributed by atoms with E-state index >= 15 is 0 Å². The summed E-state index contributed by atoms with van der Waals surface area (Å²) in [5.74, 6) is 1.66. The molecule has 0 N–H and O–H groups in total. The first kappa shape index (κ1) is 25.9. The number of nitrogens with zero attached hydrogens (tertiary/aromatic N) is 4. The summed E-state index contributed by atoms with van der Waals surface area (Å²) in [6.07, 6.45) is 8.76. The summed E-state index contributed by atoms with van der Waals surface area (Å²) in [5, 5.41) is 13.8. The lowest BCUT2D eigenvalue weighted by molar-refractivity contribution is -0.213. The summed E-state index contributed by atoms with van der Waals surface area (Å²) in [6, 6.07) is 18.9. The van der Waals surface area contributed by atoms with Crippen LogP contribution in [0.1, 0.15) is 93.5 Å². The van der Waals surface area contributed by atoms with Crippen molar-refractivity contribution in [3.8, 4) is 17.5 Å². The van der Waals surface area contributed by atoms with Gasteiger partial charge < -0.3 is 14.2 Å². The smallest absolute Gasteiger partial charge is 0.258 e. The molecule has 8 fully saturated rings. The fourth-order valence-electron chi connectivity index (χ4n) is 8.48. The van der Waals surface area contributed by atoms with Crippen molar-refractivity contribution in [2.75, 3.05) is 18.1 Å². The van der Waals surface area contributed by atoms with E-state index in [0.717, 1.165) is 74.0 Å². The number of ether oxygens (including phenoxy) is 1. The van der Waals surface area contributed by atoms with E-state index in [1.165, 1.54) is 5.56 Å². The molecule has 0 unspecified atom stereocenters. The second-order valence-corrected chi connectivity index (χ2v) is 14.7. The predicted molar refractivity (Wildman–Crippen MR) is 156 cm³/mol. The van der Waals surface area contributed by atoms with Crippen LogP contribution in [0.5, 0.6) is 0 Å². The number of rotatable bonds is 8. The van der Waals surface area contributed by atoms with Gasteiger partial charge in [-0.05, 0) is 100.0 Å². The van der Waals surface area contributed by atoms with Gasteiger partial charge in [-0.3, -0.25) is 4.79 Å². The van der Waals surface area contributed by atoms with Crippen molar-refractivity contribution in [3.63, 3.8) is 0 Å². The van der Waals surface area contributed by atoms with Gasteiger partial charge in [-0.2, -0.15) is 10.2 Å². The lowest BCUT2D eigenvalue weighted by Crippen LogP contribution is -2.71. The number of aromatic nitrogens is 2. The Morgan fingerprint density at radius 3 is 2.33 bits per heavy atom. The molecule has 43 heavy (non-hydrogen) atoms. The zero-order valence-corrected chi connectivity index (χ0v) is 24.3. The van der Waals surface area contributed by atoms with Crippen molar-refractivity contribution in [1.82, 2.24) is 10.1 Å². The zero-order chi connectivity index (χ0) is 29.1. The van der Waals surface area contributed by atoms with Crippen molar-refractivity contribution >= 4 is 11.6 Å². The summed E-state index contributed by atoms with van der Waals surface area (Å²) in [5.41, 5.74) is 1.40. The van der Waals surface area contributed by atoms with E-state index in [9.17, 15) is 14.4 Å². The highest BCUT2D eigenvalue weighted by molar-refractivity contribution is 6.00. The molecule has 0 radical (unpaired) electrons. The van der Waals surface area contributed by atoms with Crippen molar-refractivity contribution in [2.45, 2.75) is 93.2 Å². The van der Waals surface area contributed by atoms with Crippen LogP contribution in [0.3, 0.4) is 0 Å². The minimum absolute atomic E-state index is 0.0345. The number of fused-ring (bicyclic) bond motifs is 3. The minimum Gasteiger partial charge on any atom is -0.370 e. The molecule has 0 atom stereocenters. The quantitative estimate of drug-likeness (QED) is 0.289. The van der Waals surface area contributed by atoms with Gasteiger partial charge in [-0.15, -0.1) is 0 Å². The first-order valence-corrected chi connectivity index (χ1v) is 15.9. The van der Waals surface area contributed by atoms with Gasteiger partial charge in [0, 0.05) is 29.1 Å². The van der Waals surface area contributed by atoms with Crippen molar-refractivity contribution < 1.29 is 18.4 Å². The number of carbonyl (C=O) groups is 1. The maximum absolute atomic E-state index is 14.6. The molecule has 2 saturated heterocycles. The Bertz CT molecular complexity index is 1640. The maximum Gasteiger partial charge on any atom is 0.258 e. The van der Waals surface area contributed by atoms with Crippen LogP contribution in [0.15, 0.2) is 53.1 Å². The summed E-state index contributed by atoms with van der Waals surface area (Å²) in [7, 11) is 0. The van der Waals surface area contributed by atoms with Gasteiger partial charge in [0.05, 0.1) is 29.1 Å². The van der Waals surface area contributed by atoms with Gasteiger partial charge in [0.15, 0.2) is 5.82 Å². The molecule has 7 nitrogen and oxygen atoms in total. The first-order valence-electron chi connectivity index (χ1n) is 15.9. The highest BCUT2D eigenvalue weighted by atomic mass is 19.1. The number of benzene rings is 2. The molecule has 3 heterocycles. The standard InChI is InChI=1S/C35H35FN4O3/c36-34-17-33(18-34,19-34)30(41)40(27-3-1-2-24(16-27)29-38-28(39-43-29)23-4-5-23)21-31-10-14-35(15-11-31,42-22-31)26-8-6-25(7-9-26)32(20-37)12-13-32/h1-3,6-9,16,23H,4-5,10-15,17-19,21-22H2.